The first-order valence-corrected chi connectivity index (χ1v) is 14.2. The molecule has 6 rings (SSSR count). The summed E-state index contributed by atoms with van der Waals surface area (Å²) < 4.78 is 51.5. The van der Waals surface area contributed by atoms with E-state index in [-0.39, 0.29) is 29.0 Å². The van der Waals surface area contributed by atoms with Gasteiger partial charge in [-0.05, 0) is 68.4 Å². The molecule has 43 heavy (non-hydrogen) atoms. The first kappa shape index (κ1) is 28.8. The summed E-state index contributed by atoms with van der Waals surface area (Å²) >= 11 is 12.5. The van der Waals surface area contributed by atoms with Crippen LogP contribution in [0.1, 0.15) is 22.3 Å². The van der Waals surface area contributed by atoms with Gasteiger partial charge >= 0.3 is 6.18 Å². The molecule has 0 saturated heterocycles. The van der Waals surface area contributed by atoms with Crippen molar-refractivity contribution in [3.05, 3.63) is 129 Å². The molecule has 6 aromatic rings. The summed E-state index contributed by atoms with van der Waals surface area (Å²) in [5, 5.41) is 5.60. The van der Waals surface area contributed by atoms with Crippen LogP contribution in [0.15, 0.2) is 97.1 Å². The molecule has 4 aromatic carbocycles. The number of ether oxygens (including phenoxy) is 1. The maximum absolute atomic E-state index is 14.7. The standard InChI is InChI=1S/C34H24Cl2F3N3O/c1-20-6-10-23(11-7-20)32-31-27(34(37,38)39)18-30(40-33(31)42(41-32)24-14-8-21(2)9-15-24)22-12-16-25(17-13-22)43-19-26-28(35)4-3-5-29(26)36/h3-18H,19H2,1-2H3. The predicted molar refractivity (Wildman–Crippen MR) is 165 cm³/mol. The zero-order valence-corrected chi connectivity index (χ0v) is 24.6. The third kappa shape index (κ3) is 5.83. The molecular weight excluding hydrogens is 594 g/mol. The van der Waals surface area contributed by atoms with Gasteiger partial charge in [0.2, 0.25) is 0 Å². The van der Waals surface area contributed by atoms with Crippen molar-refractivity contribution in [3.63, 3.8) is 0 Å². The van der Waals surface area contributed by atoms with Crippen LogP contribution in [-0.2, 0) is 12.8 Å². The number of aromatic nitrogens is 3. The number of benzene rings is 4. The highest BCUT2D eigenvalue weighted by Gasteiger charge is 2.36. The molecule has 2 heterocycles. The lowest BCUT2D eigenvalue weighted by Crippen LogP contribution is -2.08. The van der Waals surface area contributed by atoms with E-state index < -0.39 is 11.7 Å². The highest BCUT2D eigenvalue weighted by Crippen LogP contribution is 2.42. The SMILES string of the molecule is Cc1ccc(-c2nn(-c3ccc(C)cc3)c3nc(-c4ccc(OCc5c(Cl)cccc5Cl)cc4)cc(C(F)(F)F)c23)cc1. The molecule has 0 atom stereocenters. The first-order valence-electron chi connectivity index (χ1n) is 13.4. The van der Waals surface area contributed by atoms with E-state index in [1.54, 1.807) is 54.6 Å². The van der Waals surface area contributed by atoms with Gasteiger partial charge in [0, 0.05) is 26.7 Å². The second-order valence-electron chi connectivity index (χ2n) is 10.2. The van der Waals surface area contributed by atoms with E-state index >= 15 is 0 Å². The monoisotopic (exact) mass is 617 g/mol. The van der Waals surface area contributed by atoms with Crippen LogP contribution in [0.2, 0.25) is 10.0 Å². The lowest BCUT2D eigenvalue weighted by atomic mass is 10.0. The van der Waals surface area contributed by atoms with Crippen LogP contribution in [-0.4, -0.2) is 14.8 Å². The smallest absolute Gasteiger partial charge is 0.417 e. The number of aryl methyl sites for hydroxylation is 2. The van der Waals surface area contributed by atoms with Crippen LogP contribution in [0.25, 0.3) is 39.2 Å². The van der Waals surface area contributed by atoms with E-state index in [1.807, 2.05) is 50.2 Å². The average molecular weight is 618 g/mol. The molecule has 0 aliphatic heterocycles. The van der Waals surface area contributed by atoms with E-state index in [2.05, 4.69) is 0 Å². The second kappa shape index (κ2) is 11.4. The molecule has 0 amide bonds. The highest BCUT2D eigenvalue weighted by molar-refractivity contribution is 6.35. The molecule has 0 bridgehead atoms. The number of nitrogens with zero attached hydrogens (tertiary/aromatic N) is 3. The van der Waals surface area contributed by atoms with Crippen molar-refractivity contribution in [3.8, 4) is 34.0 Å². The summed E-state index contributed by atoms with van der Waals surface area (Å²) in [7, 11) is 0. The van der Waals surface area contributed by atoms with Gasteiger partial charge in [-0.3, -0.25) is 0 Å². The van der Waals surface area contributed by atoms with Crippen molar-refractivity contribution in [2.45, 2.75) is 26.6 Å². The van der Waals surface area contributed by atoms with Crippen molar-refractivity contribution in [2.75, 3.05) is 0 Å². The van der Waals surface area contributed by atoms with Gasteiger partial charge in [-0.15, -0.1) is 0 Å². The number of pyridine rings is 1. The fraction of sp³-hybridized carbons (Fsp3) is 0.118. The van der Waals surface area contributed by atoms with Gasteiger partial charge in [0.1, 0.15) is 18.1 Å². The summed E-state index contributed by atoms with van der Waals surface area (Å²) in [6.07, 6.45) is -4.66. The molecule has 0 unspecified atom stereocenters. The van der Waals surface area contributed by atoms with E-state index in [9.17, 15) is 13.2 Å². The number of rotatable bonds is 6. The molecule has 0 spiro atoms. The average Bonchev–Trinajstić information content (AvgIpc) is 3.36. The maximum atomic E-state index is 14.7. The van der Waals surface area contributed by atoms with Crippen LogP contribution >= 0.6 is 23.2 Å². The molecule has 0 N–H and O–H groups in total. The van der Waals surface area contributed by atoms with Crippen molar-refractivity contribution in [2.24, 2.45) is 0 Å². The van der Waals surface area contributed by atoms with E-state index in [1.165, 1.54) is 4.68 Å². The quantitative estimate of drug-likeness (QED) is 0.187. The van der Waals surface area contributed by atoms with Crippen molar-refractivity contribution in [1.29, 1.82) is 0 Å². The molecule has 216 valence electrons. The molecule has 9 heteroatoms. The Morgan fingerprint density at radius 2 is 1.35 bits per heavy atom. The lowest BCUT2D eigenvalue weighted by molar-refractivity contribution is -0.136. The van der Waals surface area contributed by atoms with Gasteiger partial charge < -0.3 is 4.74 Å². The van der Waals surface area contributed by atoms with Gasteiger partial charge in [-0.25, -0.2) is 9.67 Å². The second-order valence-corrected chi connectivity index (χ2v) is 11.0. The summed E-state index contributed by atoms with van der Waals surface area (Å²) in [5.41, 5.74) is 3.99. The number of hydrogen-bond donors (Lipinski definition) is 0. The molecule has 0 aliphatic carbocycles. The molecule has 0 saturated carbocycles. The fourth-order valence-electron chi connectivity index (χ4n) is 4.81. The van der Waals surface area contributed by atoms with Crippen molar-refractivity contribution < 1.29 is 17.9 Å². The Morgan fingerprint density at radius 1 is 0.767 bits per heavy atom. The molecule has 0 fully saturated rings. The van der Waals surface area contributed by atoms with E-state index in [4.69, 9.17) is 38.0 Å². The van der Waals surface area contributed by atoms with Crippen LogP contribution in [0, 0.1) is 13.8 Å². The third-order valence-corrected chi connectivity index (χ3v) is 7.85. The molecule has 0 radical (unpaired) electrons. The molecule has 4 nitrogen and oxygen atoms in total. The van der Waals surface area contributed by atoms with Crippen molar-refractivity contribution >= 4 is 34.2 Å². The molecular formula is C34H24Cl2F3N3O. The Morgan fingerprint density at radius 3 is 1.95 bits per heavy atom. The summed E-state index contributed by atoms with van der Waals surface area (Å²) in [6.45, 7) is 4.00. The topological polar surface area (TPSA) is 39.9 Å². The van der Waals surface area contributed by atoms with Gasteiger partial charge in [-0.1, -0.05) is 76.8 Å². The number of alkyl halides is 3. The van der Waals surface area contributed by atoms with Gasteiger partial charge in [0.25, 0.3) is 0 Å². The van der Waals surface area contributed by atoms with Crippen LogP contribution in [0.4, 0.5) is 13.2 Å². The van der Waals surface area contributed by atoms with Crippen LogP contribution in [0.3, 0.4) is 0 Å². The zero-order valence-electron chi connectivity index (χ0n) is 23.1. The third-order valence-electron chi connectivity index (χ3n) is 7.14. The summed E-state index contributed by atoms with van der Waals surface area (Å²) in [5.74, 6) is 0.503. The van der Waals surface area contributed by atoms with Gasteiger partial charge in [0.15, 0.2) is 5.65 Å². The summed E-state index contributed by atoms with van der Waals surface area (Å²) in [4.78, 5) is 4.75. The Hall–Kier alpha value is -4.33. The van der Waals surface area contributed by atoms with Gasteiger partial charge in [0.05, 0.1) is 22.3 Å². The maximum Gasteiger partial charge on any atom is 0.417 e. The Labute approximate surface area is 256 Å². The zero-order chi connectivity index (χ0) is 30.3. The minimum Gasteiger partial charge on any atom is -0.489 e. The largest absolute Gasteiger partial charge is 0.489 e. The van der Waals surface area contributed by atoms with Crippen LogP contribution in [0.5, 0.6) is 5.75 Å². The van der Waals surface area contributed by atoms with Gasteiger partial charge in [-0.2, -0.15) is 18.3 Å². The molecule has 2 aromatic heterocycles. The fourth-order valence-corrected chi connectivity index (χ4v) is 5.32. The summed E-state index contributed by atoms with van der Waals surface area (Å²) in [6, 6.07) is 27.6. The number of hydrogen-bond acceptors (Lipinski definition) is 3. The minimum absolute atomic E-state index is 0.0581. The Bertz CT molecular complexity index is 1910. The van der Waals surface area contributed by atoms with Crippen LogP contribution < -0.4 is 4.74 Å². The Balaban J connectivity index is 1.47. The van der Waals surface area contributed by atoms with E-state index in [0.717, 1.165) is 17.2 Å². The minimum atomic E-state index is -4.66. The lowest BCUT2D eigenvalue weighted by Gasteiger charge is -2.13. The first-order chi connectivity index (χ1) is 20.6. The Kier molecular flexibility index (Phi) is 7.63. The normalized spacial score (nSPS) is 11.7. The molecule has 0 aliphatic rings. The van der Waals surface area contributed by atoms with E-state index in [0.29, 0.717) is 38.2 Å². The highest BCUT2D eigenvalue weighted by atomic mass is 35.5. The predicted octanol–water partition coefficient (Wildman–Crippen LogP) is 10.3. The number of halogens is 5. The number of fused-ring (bicyclic) bond motifs is 1. The van der Waals surface area contributed by atoms with Crippen molar-refractivity contribution in [1.82, 2.24) is 14.8 Å².